The van der Waals surface area contributed by atoms with Crippen molar-refractivity contribution in [3.05, 3.63) is 46.0 Å². The molecule has 0 unspecified atom stereocenters. The molecule has 0 aliphatic rings. The Morgan fingerprint density at radius 1 is 1.35 bits per heavy atom. The van der Waals surface area contributed by atoms with Gasteiger partial charge in [0.25, 0.3) is 5.56 Å². The number of aryl methyl sites for hydroxylation is 1. The lowest BCUT2D eigenvalue weighted by atomic mass is 9.86. The molecule has 4 nitrogen and oxygen atoms in total. The standard InChI is InChI=1S/C15H16FNO3/c1-15(2,14(19)20)8-10-6-9-7-11(16)4-5-12(9)17(3)13(10)18/h4-7H,8H2,1-3H3,(H,19,20). The van der Waals surface area contributed by atoms with Crippen molar-refractivity contribution in [2.45, 2.75) is 20.3 Å². The largest absolute Gasteiger partial charge is 0.481 e. The van der Waals surface area contributed by atoms with Gasteiger partial charge in [0.2, 0.25) is 0 Å². The fourth-order valence-electron chi connectivity index (χ4n) is 2.20. The van der Waals surface area contributed by atoms with Crippen LogP contribution in [0, 0.1) is 11.2 Å². The molecule has 20 heavy (non-hydrogen) atoms. The number of hydrogen-bond donors (Lipinski definition) is 1. The van der Waals surface area contributed by atoms with Crippen LogP contribution in [0.5, 0.6) is 0 Å². The molecule has 0 radical (unpaired) electrons. The zero-order valence-corrected chi connectivity index (χ0v) is 11.6. The van der Waals surface area contributed by atoms with Gasteiger partial charge in [-0.25, -0.2) is 4.39 Å². The van der Waals surface area contributed by atoms with Gasteiger partial charge in [-0.15, -0.1) is 0 Å². The first kappa shape index (κ1) is 14.2. The molecule has 2 aromatic rings. The number of aromatic nitrogens is 1. The number of carbonyl (C=O) groups is 1. The van der Waals surface area contributed by atoms with Crippen molar-refractivity contribution >= 4 is 16.9 Å². The maximum absolute atomic E-state index is 13.3. The van der Waals surface area contributed by atoms with Crippen molar-refractivity contribution in [1.82, 2.24) is 4.57 Å². The normalized spacial score (nSPS) is 11.8. The molecular formula is C15H16FNO3. The Morgan fingerprint density at radius 3 is 2.60 bits per heavy atom. The topological polar surface area (TPSA) is 59.3 Å². The van der Waals surface area contributed by atoms with Crippen LogP contribution in [0.3, 0.4) is 0 Å². The molecule has 1 aromatic heterocycles. The summed E-state index contributed by atoms with van der Waals surface area (Å²) in [5.74, 6) is -1.36. The van der Waals surface area contributed by atoms with Crippen LogP contribution in [0.4, 0.5) is 4.39 Å². The quantitative estimate of drug-likeness (QED) is 0.936. The number of nitrogens with zero attached hydrogens (tertiary/aromatic N) is 1. The van der Waals surface area contributed by atoms with Crippen molar-refractivity contribution in [2.75, 3.05) is 0 Å². The van der Waals surface area contributed by atoms with Gasteiger partial charge in [0.15, 0.2) is 0 Å². The first-order valence-electron chi connectivity index (χ1n) is 6.24. The van der Waals surface area contributed by atoms with Gasteiger partial charge >= 0.3 is 5.97 Å². The van der Waals surface area contributed by atoms with E-state index in [-0.39, 0.29) is 17.8 Å². The average molecular weight is 277 g/mol. The SMILES string of the molecule is Cn1c(=O)c(CC(C)(C)C(=O)O)cc2cc(F)ccc21. The van der Waals surface area contributed by atoms with Gasteiger partial charge in [0.05, 0.1) is 10.9 Å². The van der Waals surface area contributed by atoms with Crippen LogP contribution in [0.15, 0.2) is 29.1 Å². The van der Waals surface area contributed by atoms with Crippen LogP contribution < -0.4 is 5.56 Å². The number of benzene rings is 1. The molecule has 0 fully saturated rings. The molecule has 0 aliphatic carbocycles. The molecule has 2 rings (SSSR count). The zero-order chi connectivity index (χ0) is 15.1. The van der Waals surface area contributed by atoms with E-state index in [1.54, 1.807) is 27.0 Å². The predicted molar refractivity (Wildman–Crippen MR) is 74.3 cm³/mol. The fraction of sp³-hybridized carbons (Fsp3) is 0.333. The van der Waals surface area contributed by atoms with E-state index < -0.39 is 11.4 Å². The number of pyridine rings is 1. The molecule has 0 saturated carbocycles. The van der Waals surface area contributed by atoms with E-state index in [1.165, 1.54) is 22.8 Å². The van der Waals surface area contributed by atoms with Gasteiger partial charge in [-0.2, -0.15) is 0 Å². The zero-order valence-electron chi connectivity index (χ0n) is 11.6. The van der Waals surface area contributed by atoms with E-state index >= 15 is 0 Å². The van der Waals surface area contributed by atoms with Crippen LogP contribution in [-0.4, -0.2) is 15.6 Å². The van der Waals surface area contributed by atoms with Crippen molar-refractivity contribution < 1.29 is 14.3 Å². The summed E-state index contributed by atoms with van der Waals surface area (Å²) in [5.41, 5.74) is -0.308. The molecule has 0 aliphatic heterocycles. The first-order chi connectivity index (χ1) is 9.22. The Morgan fingerprint density at radius 2 is 2.00 bits per heavy atom. The monoisotopic (exact) mass is 277 g/mol. The van der Waals surface area contributed by atoms with E-state index in [9.17, 15) is 14.0 Å². The highest BCUT2D eigenvalue weighted by atomic mass is 19.1. The number of rotatable bonds is 3. The second-order valence-electron chi connectivity index (χ2n) is 5.60. The minimum atomic E-state index is -1.05. The molecule has 106 valence electrons. The van der Waals surface area contributed by atoms with E-state index in [0.29, 0.717) is 16.5 Å². The summed E-state index contributed by atoms with van der Waals surface area (Å²) in [4.78, 5) is 23.4. The molecule has 0 bridgehead atoms. The summed E-state index contributed by atoms with van der Waals surface area (Å²) >= 11 is 0. The van der Waals surface area contributed by atoms with Gasteiger partial charge in [0.1, 0.15) is 5.82 Å². The average Bonchev–Trinajstić information content (AvgIpc) is 2.34. The minimum Gasteiger partial charge on any atom is -0.481 e. The van der Waals surface area contributed by atoms with Crippen LogP contribution in [-0.2, 0) is 18.3 Å². The first-order valence-corrected chi connectivity index (χ1v) is 6.24. The highest BCUT2D eigenvalue weighted by Gasteiger charge is 2.28. The fourth-order valence-corrected chi connectivity index (χ4v) is 2.20. The summed E-state index contributed by atoms with van der Waals surface area (Å²) in [6.45, 7) is 3.12. The lowest BCUT2D eigenvalue weighted by molar-refractivity contribution is -0.146. The molecule has 0 atom stereocenters. The molecule has 0 saturated heterocycles. The van der Waals surface area contributed by atoms with E-state index in [2.05, 4.69) is 0 Å². The lowest BCUT2D eigenvalue weighted by Gasteiger charge is -2.19. The van der Waals surface area contributed by atoms with E-state index in [0.717, 1.165) is 0 Å². The molecular weight excluding hydrogens is 261 g/mol. The number of carboxylic acid groups (broad SMARTS) is 1. The number of aliphatic carboxylic acids is 1. The smallest absolute Gasteiger partial charge is 0.309 e. The summed E-state index contributed by atoms with van der Waals surface area (Å²) in [7, 11) is 1.60. The second-order valence-corrected chi connectivity index (χ2v) is 5.60. The second kappa shape index (κ2) is 4.74. The van der Waals surface area contributed by atoms with Crippen LogP contribution >= 0.6 is 0 Å². The van der Waals surface area contributed by atoms with Crippen molar-refractivity contribution in [3.63, 3.8) is 0 Å². The minimum absolute atomic E-state index is 0.0987. The third-order valence-corrected chi connectivity index (χ3v) is 3.47. The van der Waals surface area contributed by atoms with Crippen molar-refractivity contribution in [2.24, 2.45) is 12.5 Å². The van der Waals surface area contributed by atoms with E-state index in [4.69, 9.17) is 5.11 Å². The Hall–Kier alpha value is -2.17. The van der Waals surface area contributed by atoms with E-state index in [1.807, 2.05) is 0 Å². The molecule has 1 aromatic carbocycles. The molecule has 0 amide bonds. The van der Waals surface area contributed by atoms with Crippen LogP contribution in [0.1, 0.15) is 19.4 Å². The third kappa shape index (κ3) is 2.43. The van der Waals surface area contributed by atoms with Gasteiger partial charge in [-0.3, -0.25) is 9.59 Å². The van der Waals surface area contributed by atoms with Gasteiger partial charge < -0.3 is 9.67 Å². The third-order valence-electron chi connectivity index (χ3n) is 3.47. The van der Waals surface area contributed by atoms with Crippen molar-refractivity contribution in [3.8, 4) is 0 Å². The van der Waals surface area contributed by atoms with Gasteiger partial charge in [-0.05, 0) is 44.5 Å². The van der Waals surface area contributed by atoms with Crippen molar-refractivity contribution in [1.29, 1.82) is 0 Å². The van der Waals surface area contributed by atoms with Gasteiger partial charge in [-0.1, -0.05) is 0 Å². The van der Waals surface area contributed by atoms with Gasteiger partial charge in [0, 0.05) is 18.0 Å². The maximum atomic E-state index is 13.3. The number of fused-ring (bicyclic) bond motifs is 1. The number of halogens is 1. The molecule has 1 heterocycles. The van der Waals surface area contributed by atoms with Crippen LogP contribution in [0.25, 0.3) is 10.9 Å². The Balaban J connectivity index is 2.63. The summed E-state index contributed by atoms with van der Waals surface area (Å²) in [6, 6.07) is 5.75. The number of hydrogen-bond acceptors (Lipinski definition) is 2. The Kier molecular flexibility index (Phi) is 3.38. The number of carboxylic acids is 1. The highest BCUT2D eigenvalue weighted by Crippen LogP contribution is 2.23. The summed E-state index contributed by atoms with van der Waals surface area (Å²) < 4.78 is 14.7. The summed E-state index contributed by atoms with van der Waals surface area (Å²) in [5, 5.41) is 9.74. The lowest BCUT2D eigenvalue weighted by Crippen LogP contribution is -2.31. The van der Waals surface area contributed by atoms with Crippen LogP contribution in [0.2, 0.25) is 0 Å². The molecule has 1 N–H and O–H groups in total. The maximum Gasteiger partial charge on any atom is 0.309 e. The molecule has 0 spiro atoms. The molecule has 5 heteroatoms. The Bertz CT molecular complexity index is 747. The predicted octanol–water partition coefficient (Wildman–Crippen LogP) is 2.33. The highest BCUT2D eigenvalue weighted by molar-refractivity contribution is 5.80. The summed E-state index contributed by atoms with van der Waals surface area (Å²) in [6.07, 6.45) is 0.0987. The Labute approximate surface area is 115 Å².